The van der Waals surface area contributed by atoms with Gasteiger partial charge in [-0.05, 0) is 60.9 Å². The number of fused-ring (bicyclic) bond motifs is 5. The summed E-state index contributed by atoms with van der Waals surface area (Å²) in [6.45, 7) is 8.09. The molecular weight excluding hydrogens is 1480 g/mol. The Morgan fingerprint density at radius 2 is 1.37 bits per heavy atom. The SMILES string of the molecule is CN1c2cc3c(cc2C(CS(=O)(=O)O)=CC1(C)C)C(c1ccc(C(=O)NCCOCCOCCOCCOCCOCCC(=O)NCC#Cc2cn([C@@H]4O[C@H](COP(=O)(O)OP(=O)(O)OP(=O)(O)O)[C@@H](O)[C@H]4O)c4ncnc(N)c24)cc1C(=O)[O-])=c1cc2c(cc1O3)=[N+](C)C(C)(C)C=C2CS(=O)(=O)O. The number of carboxylic acids is 1. The maximum absolute atomic E-state index is 13.6. The number of aromatic nitrogens is 3. The van der Waals surface area contributed by atoms with Crippen LogP contribution < -0.4 is 46.3 Å². The van der Waals surface area contributed by atoms with Crippen molar-refractivity contribution in [2.45, 2.75) is 69.7 Å². The van der Waals surface area contributed by atoms with Crippen LogP contribution in [0, 0.1) is 11.8 Å². The molecule has 37 nitrogen and oxygen atoms in total. The van der Waals surface area contributed by atoms with Crippen LogP contribution in [-0.4, -0.2) is 229 Å². The zero-order chi connectivity index (χ0) is 76.1. The molecule has 0 saturated carbocycles. The average Bonchev–Trinajstić information content (AvgIpc) is 0.958. The number of aliphatic hydroxyl groups is 2. The number of phosphoric ester groups is 1. The van der Waals surface area contributed by atoms with Crippen LogP contribution in [0.3, 0.4) is 0 Å². The lowest BCUT2D eigenvalue weighted by Crippen LogP contribution is -2.47. The number of amides is 2. The first kappa shape index (κ1) is 80.8. The second-order valence-corrected chi connectivity index (χ2v) is 32.3. The maximum Gasteiger partial charge on any atom is 0.490 e. The quantitative estimate of drug-likeness (QED) is 0.00815. The van der Waals surface area contributed by atoms with Crippen LogP contribution in [0.25, 0.3) is 27.8 Å². The molecular formula is C62H77N8O29P3S2. The smallest absolute Gasteiger partial charge is 0.490 e. The van der Waals surface area contributed by atoms with Crippen LogP contribution in [0.4, 0.5) is 11.5 Å². The minimum absolute atomic E-state index is 0.0174. The first-order valence-electron chi connectivity index (χ1n) is 31.6. The first-order chi connectivity index (χ1) is 48.6. The van der Waals surface area contributed by atoms with E-state index in [9.17, 15) is 79.1 Å². The Labute approximate surface area is 594 Å². The number of ether oxygens (including phenoxy) is 7. The fourth-order valence-electron chi connectivity index (χ4n) is 11.7. The fraction of sp³-hybridized carbons (Fsp3) is 0.452. The van der Waals surface area contributed by atoms with Crippen molar-refractivity contribution in [1.82, 2.24) is 29.7 Å². The number of likely N-dealkylation sites (N-methyl/N-ethyl adjacent to an activating group) is 2. The van der Waals surface area contributed by atoms with Gasteiger partial charge in [0.25, 0.3) is 26.1 Å². The third-order valence-electron chi connectivity index (χ3n) is 16.8. The zero-order valence-corrected chi connectivity index (χ0v) is 60.9. The van der Waals surface area contributed by atoms with E-state index < -0.39 is 121 Å². The van der Waals surface area contributed by atoms with Crippen molar-refractivity contribution in [3.8, 4) is 23.3 Å². The van der Waals surface area contributed by atoms with Gasteiger partial charge in [0.2, 0.25) is 11.3 Å². The van der Waals surface area contributed by atoms with E-state index in [1.165, 1.54) is 22.9 Å². The summed E-state index contributed by atoms with van der Waals surface area (Å²) in [6, 6.07) is 10.7. The molecule has 566 valence electrons. The predicted molar refractivity (Wildman–Crippen MR) is 366 cm³/mol. The third kappa shape index (κ3) is 20.4. The Balaban J connectivity index is 0.685. The van der Waals surface area contributed by atoms with E-state index in [-0.39, 0.29) is 158 Å². The van der Waals surface area contributed by atoms with Gasteiger partial charge in [0, 0.05) is 84.9 Å². The number of nitrogen functional groups attached to an aromatic ring is 1. The van der Waals surface area contributed by atoms with E-state index in [1.807, 2.05) is 37.2 Å². The van der Waals surface area contributed by atoms with Gasteiger partial charge in [0.05, 0.1) is 113 Å². The van der Waals surface area contributed by atoms with Crippen LogP contribution in [0.2, 0.25) is 0 Å². The number of benzene rings is 3. The Kier molecular flexibility index (Phi) is 25.5. The molecule has 9 rings (SSSR count). The van der Waals surface area contributed by atoms with E-state index in [4.69, 9.17) is 48.7 Å². The lowest BCUT2D eigenvalue weighted by molar-refractivity contribution is -0.255. The molecule has 6 heterocycles. The molecule has 2 unspecified atom stereocenters. The van der Waals surface area contributed by atoms with Gasteiger partial charge in [0.1, 0.15) is 66.2 Å². The van der Waals surface area contributed by atoms with Gasteiger partial charge >= 0.3 is 23.5 Å². The molecule has 5 aromatic rings. The van der Waals surface area contributed by atoms with Crippen LogP contribution in [0.15, 0.2) is 67.1 Å². The number of aliphatic hydroxyl groups excluding tert-OH is 2. The van der Waals surface area contributed by atoms with Crippen LogP contribution >= 0.6 is 23.5 Å². The standard InChI is InChI=1S/C62H77N8O29P3S2/c1-61(2)29-38(33-103(84,85)86)41-25-44-48(27-46(41)68(61)5)96-49-28-47-42(39(34-104(87,88)89)30-62(3,4)69(47)6)26-45(49)53(44)40-10-9-36(24-43(40)60(75)76)58(74)65-13-15-91-17-19-93-21-23-94-22-20-92-18-16-90-14-11-51(71)64-12-7-8-37-31-70(57-52(37)56(63)66-35-67-57)59-55(73)54(72)50(97-59)32-95-101(80,81)99-102(82,83)98-100(77,78)79/h9-10,24-31,35,50,54-55,59,72-73H,11-23,32-34H2,1-6H3,(H10-,63,64,65,66,67,71,74,75,76,77,78,79,80,81,82,83,84,85,86,87,88,89)/t50-,54-,55-,59-/m1/s1. The van der Waals surface area contributed by atoms with Gasteiger partial charge in [-0.1, -0.05) is 24.0 Å². The molecule has 2 amide bonds. The first-order valence-corrected chi connectivity index (χ1v) is 39.3. The van der Waals surface area contributed by atoms with Crippen molar-refractivity contribution in [3.63, 3.8) is 0 Å². The largest absolute Gasteiger partial charge is 0.545 e. The Morgan fingerprint density at radius 3 is 1.98 bits per heavy atom. The molecule has 42 heteroatoms. The monoisotopic (exact) mass is 1550 g/mol. The van der Waals surface area contributed by atoms with Crippen molar-refractivity contribution in [2.75, 3.05) is 122 Å². The third-order valence-corrected chi connectivity index (χ3v) is 21.9. The summed E-state index contributed by atoms with van der Waals surface area (Å²) < 4.78 is 160. The molecule has 4 aliphatic heterocycles. The van der Waals surface area contributed by atoms with Gasteiger partial charge < -0.3 is 98.7 Å². The lowest BCUT2D eigenvalue weighted by Gasteiger charge is -2.41. The highest BCUT2D eigenvalue weighted by molar-refractivity contribution is 7.86. The second-order valence-electron chi connectivity index (χ2n) is 25.0. The number of phosphoric acid groups is 3. The number of carbonyl (C=O) groups is 3. The number of rotatable bonds is 34. The van der Waals surface area contributed by atoms with Gasteiger partial charge in [-0.25, -0.2) is 28.2 Å². The highest BCUT2D eigenvalue weighted by Gasteiger charge is 2.48. The molecule has 0 spiro atoms. The van der Waals surface area contributed by atoms with Gasteiger partial charge in [-0.3, -0.25) is 23.2 Å². The molecule has 2 aromatic heterocycles. The molecule has 0 radical (unpaired) electrons. The number of anilines is 2. The number of carbonyl (C=O) groups excluding carboxylic acids is 3. The minimum Gasteiger partial charge on any atom is -0.545 e. The van der Waals surface area contributed by atoms with E-state index in [2.05, 4.69) is 45.6 Å². The van der Waals surface area contributed by atoms with Crippen molar-refractivity contribution in [3.05, 3.63) is 117 Å². The van der Waals surface area contributed by atoms with Crippen molar-refractivity contribution in [2.24, 2.45) is 0 Å². The summed E-state index contributed by atoms with van der Waals surface area (Å²) in [5.74, 6) is 1.83. The fourth-order valence-corrected chi connectivity index (χ4v) is 16.0. The van der Waals surface area contributed by atoms with Gasteiger partial charge in [-0.2, -0.15) is 25.5 Å². The van der Waals surface area contributed by atoms with E-state index in [1.54, 1.807) is 50.5 Å². The molecule has 0 bridgehead atoms. The zero-order valence-electron chi connectivity index (χ0n) is 56.6. The number of nitrogens with zero attached hydrogens (tertiary/aromatic N) is 5. The summed E-state index contributed by atoms with van der Waals surface area (Å²) in [4.78, 5) is 86.1. The predicted octanol–water partition coefficient (Wildman–Crippen LogP) is -0.253. The Hall–Kier alpha value is -7.29. The molecule has 0 aliphatic carbocycles. The Morgan fingerprint density at radius 1 is 0.750 bits per heavy atom. The van der Waals surface area contributed by atoms with E-state index in [0.717, 1.165) is 12.4 Å². The average molecular weight is 1560 g/mol. The molecule has 104 heavy (non-hydrogen) atoms. The summed E-state index contributed by atoms with van der Waals surface area (Å²) in [6.07, 6.45) is -0.821. The molecule has 12 N–H and O–H groups in total. The number of aromatic carboxylic acids is 1. The van der Waals surface area contributed by atoms with Crippen molar-refractivity contribution in [1.29, 1.82) is 0 Å². The molecule has 4 aliphatic rings. The van der Waals surface area contributed by atoms with E-state index in [0.29, 0.717) is 22.2 Å². The highest BCUT2D eigenvalue weighted by atomic mass is 32.2. The lowest BCUT2D eigenvalue weighted by atomic mass is 9.83. The number of nitrogens with two attached hydrogens (primary N) is 1. The topological polar surface area (TPSA) is 535 Å². The number of hydrogen-bond acceptors (Lipinski definition) is 27. The second kappa shape index (κ2) is 32.8. The van der Waals surface area contributed by atoms with Crippen LogP contribution in [-0.2, 0) is 80.3 Å². The normalized spacial score (nSPS) is 19.4. The van der Waals surface area contributed by atoms with Crippen molar-refractivity contribution >= 4 is 101 Å². The number of nitrogens with one attached hydrogen (secondary N) is 2. The summed E-state index contributed by atoms with van der Waals surface area (Å²) >= 11 is 0. The summed E-state index contributed by atoms with van der Waals surface area (Å²) in [7, 11) is -22.6. The van der Waals surface area contributed by atoms with Gasteiger partial charge in [0.15, 0.2) is 11.8 Å². The molecule has 6 atom stereocenters. The molecule has 3 aromatic carbocycles. The maximum atomic E-state index is 13.6. The highest BCUT2D eigenvalue weighted by Crippen LogP contribution is 2.66. The summed E-state index contributed by atoms with van der Waals surface area (Å²) in [5, 5.41) is 41.1. The molecule has 1 fully saturated rings. The van der Waals surface area contributed by atoms with Crippen LogP contribution in [0.5, 0.6) is 11.5 Å². The van der Waals surface area contributed by atoms with Gasteiger partial charge in [-0.15, -0.1) is 0 Å². The number of hydrogen-bond donors (Lipinski definition) is 11. The summed E-state index contributed by atoms with van der Waals surface area (Å²) in [5.41, 5.74) is 6.84. The number of carboxylic acid groups (broad SMARTS) is 1. The Bertz CT molecular complexity index is 4820. The van der Waals surface area contributed by atoms with Crippen molar-refractivity contribution < 1.29 is 135 Å². The van der Waals surface area contributed by atoms with E-state index >= 15 is 0 Å². The minimum atomic E-state index is -5.84. The molecule has 1 saturated heterocycles. The van der Waals surface area contributed by atoms with Crippen LogP contribution in [0.1, 0.15) is 88.9 Å².